The van der Waals surface area contributed by atoms with Crippen LogP contribution in [0.15, 0.2) is 22.9 Å². The van der Waals surface area contributed by atoms with Gasteiger partial charge in [0.25, 0.3) is 5.91 Å². The lowest BCUT2D eigenvalue weighted by molar-refractivity contribution is 0.0775. The number of rotatable bonds is 4. The number of amides is 1. The highest BCUT2D eigenvalue weighted by molar-refractivity contribution is 9.10. The van der Waals surface area contributed by atoms with Crippen LogP contribution >= 0.6 is 27.3 Å². The number of halogens is 1. The quantitative estimate of drug-likeness (QED) is 0.841. The summed E-state index contributed by atoms with van der Waals surface area (Å²) in [5, 5.41) is 1.03. The molecule has 0 unspecified atom stereocenters. The van der Waals surface area contributed by atoms with Crippen molar-refractivity contribution in [1.29, 1.82) is 0 Å². The van der Waals surface area contributed by atoms with Crippen LogP contribution in [-0.4, -0.2) is 27.4 Å². The molecule has 3 rings (SSSR count). The average Bonchev–Trinajstić information content (AvgIpc) is 3.07. The first-order valence-electron chi connectivity index (χ1n) is 6.58. The molecule has 0 bridgehead atoms. The topological polar surface area (TPSA) is 38.1 Å². The van der Waals surface area contributed by atoms with Crippen molar-refractivity contribution in [1.82, 2.24) is 14.5 Å². The van der Waals surface area contributed by atoms with Gasteiger partial charge in [0.2, 0.25) is 0 Å². The van der Waals surface area contributed by atoms with Crippen LogP contribution in [0.5, 0.6) is 0 Å². The van der Waals surface area contributed by atoms with Crippen molar-refractivity contribution in [2.45, 2.75) is 32.4 Å². The smallest absolute Gasteiger partial charge is 0.270 e. The van der Waals surface area contributed by atoms with E-state index in [-0.39, 0.29) is 5.91 Å². The predicted molar refractivity (Wildman–Crippen MR) is 83.1 cm³/mol. The Morgan fingerprint density at radius 2 is 2.35 bits per heavy atom. The highest BCUT2D eigenvalue weighted by Gasteiger charge is 2.28. The summed E-state index contributed by atoms with van der Waals surface area (Å²) < 4.78 is 3.07. The van der Waals surface area contributed by atoms with Gasteiger partial charge < -0.3 is 9.47 Å². The maximum Gasteiger partial charge on any atom is 0.270 e. The van der Waals surface area contributed by atoms with Gasteiger partial charge in [-0.2, -0.15) is 0 Å². The maximum absolute atomic E-state index is 12.6. The van der Waals surface area contributed by atoms with Gasteiger partial charge in [0, 0.05) is 34.8 Å². The second kappa shape index (κ2) is 5.33. The minimum absolute atomic E-state index is 0.0636. The number of carbonyl (C=O) groups is 1. The Kier molecular flexibility index (Phi) is 3.69. The molecule has 0 aromatic carbocycles. The van der Waals surface area contributed by atoms with E-state index in [0.29, 0.717) is 12.6 Å². The lowest BCUT2D eigenvalue weighted by atomic mass is 10.3. The summed E-state index contributed by atoms with van der Waals surface area (Å²) in [5.41, 5.74) is 0.767. The molecular weight excluding hydrogens is 338 g/mol. The molecule has 1 amide bonds. The van der Waals surface area contributed by atoms with Crippen LogP contribution in [0.1, 0.15) is 39.3 Å². The van der Waals surface area contributed by atoms with Crippen LogP contribution in [0.3, 0.4) is 0 Å². The van der Waals surface area contributed by atoms with Crippen molar-refractivity contribution in [3.8, 4) is 0 Å². The molecule has 0 spiro atoms. The van der Waals surface area contributed by atoms with E-state index in [2.05, 4.69) is 25.5 Å². The molecule has 1 saturated carbocycles. The zero-order chi connectivity index (χ0) is 14.3. The monoisotopic (exact) mass is 353 g/mol. The lowest BCUT2D eigenvalue weighted by Crippen LogP contribution is -2.27. The van der Waals surface area contributed by atoms with Crippen LogP contribution in [0, 0.1) is 6.92 Å². The first-order valence-corrected chi connectivity index (χ1v) is 8.19. The SMILES string of the molecule is Cc1ncc(CN(C)C(=O)c2cc(Br)cn2C2CC2)s1. The van der Waals surface area contributed by atoms with E-state index >= 15 is 0 Å². The van der Waals surface area contributed by atoms with Gasteiger partial charge in [-0.15, -0.1) is 11.3 Å². The van der Waals surface area contributed by atoms with E-state index in [1.807, 2.05) is 32.4 Å². The van der Waals surface area contributed by atoms with Gasteiger partial charge in [-0.3, -0.25) is 4.79 Å². The molecule has 4 nitrogen and oxygen atoms in total. The van der Waals surface area contributed by atoms with E-state index in [1.54, 1.807) is 16.2 Å². The van der Waals surface area contributed by atoms with Crippen molar-refractivity contribution in [3.63, 3.8) is 0 Å². The molecule has 0 N–H and O–H groups in total. The fraction of sp³-hybridized carbons (Fsp3) is 0.429. The summed E-state index contributed by atoms with van der Waals surface area (Å²) in [6.45, 7) is 2.59. The third-order valence-electron chi connectivity index (χ3n) is 3.38. The van der Waals surface area contributed by atoms with Crippen LogP contribution in [-0.2, 0) is 6.54 Å². The number of aromatic nitrogens is 2. The molecule has 1 aliphatic rings. The highest BCUT2D eigenvalue weighted by atomic mass is 79.9. The molecule has 2 aromatic heterocycles. The average molecular weight is 354 g/mol. The number of thiazole rings is 1. The van der Waals surface area contributed by atoms with Crippen molar-refractivity contribution in [2.75, 3.05) is 7.05 Å². The van der Waals surface area contributed by atoms with E-state index in [9.17, 15) is 4.79 Å². The summed E-state index contributed by atoms with van der Waals surface area (Å²) in [4.78, 5) is 19.7. The summed E-state index contributed by atoms with van der Waals surface area (Å²) in [6, 6.07) is 2.41. The number of carbonyl (C=O) groups excluding carboxylic acids is 1. The number of hydrogen-bond acceptors (Lipinski definition) is 3. The molecule has 106 valence electrons. The van der Waals surface area contributed by atoms with Gasteiger partial charge in [-0.05, 0) is 41.8 Å². The van der Waals surface area contributed by atoms with Crippen molar-refractivity contribution in [2.24, 2.45) is 0 Å². The molecule has 0 saturated heterocycles. The van der Waals surface area contributed by atoms with Gasteiger partial charge in [-0.1, -0.05) is 0 Å². The van der Waals surface area contributed by atoms with E-state index < -0.39 is 0 Å². The number of nitrogens with zero attached hydrogens (tertiary/aromatic N) is 3. The molecule has 20 heavy (non-hydrogen) atoms. The highest BCUT2D eigenvalue weighted by Crippen LogP contribution is 2.37. The van der Waals surface area contributed by atoms with Gasteiger partial charge in [0.1, 0.15) is 5.69 Å². The van der Waals surface area contributed by atoms with Crippen LogP contribution < -0.4 is 0 Å². The standard InChI is InChI=1S/C14H16BrN3OS/c1-9-16-6-12(20-9)8-17(2)14(19)13-5-10(15)7-18(13)11-3-4-11/h5-7,11H,3-4,8H2,1-2H3. The summed E-state index contributed by atoms with van der Waals surface area (Å²) in [7, 11) is 1.84. The number of aryl methyl sites for hydroxylation is 1. The molecule has 0 radical (unpaired) electrons. The zero-order valence-electron chi connectivity index (χ0n) is 11.5. The molecular formula is C14H16BrN3OS. The van der Waals surface area contributed by atoms with Crippen molar-refractivity contribution in [3.05, 3.63) is 38.5 Å². The van der Waals surface area contributed by atoms with Gasteiger partial charge in [-0.25, -0.2) is 4.98 Å². The van der Waals surface area contributed by atoms with Crippen molar-refractivity contribution < 1.29 is 4.79 Å². The largest absolute Gasteiger partial charge is 0.339 e. The molecule has 1 aliphatic carbocycles. The third kappa shape index (κ3) is 2.81. The van der Waals surface area contributed by atoms with Gasteiger partial charge in [0.05, 0.1) is 11.6 Å². The normalized spacial score (nSPS) is 14.6. The Labute approximate surface area is 130 Å². The van der Waals surface area contributed by atoms with Crippen LogP contribution in [0.25, 0.3) is 0 Å². The zero-order valence-corrected chi connectivity index (χ0v) is 13.9. The van der Waals surface area contributed by atoms with Gasteiger partial charge in [0.15, 0.2) is 0 Å². The Balaban J connectivity index is 1.77. The number of hydrogen-bond donors (Lipinski definition) is 0. The Morgan fingerprint density at radius 3 is 2.95 bits per heavy atom. The molecule has 1 fully saturated rings. The Hall–Kier alpha value is -1.14. The minimum atomic E-state index is 0.0636. The summed E-state index contributed by atoms with van der Waals surface area (Å²) >= 11 is 5.10. The second-order valence-corrected chi connectivity index (χ2v) is 7.42. The summed E-state index contributed by atoms with van der Waals surface area (Å²) in [5.74, 6) is 0.0636. The van der Waals surface area contributed by atoms with Crippen molar-refractivity contribution >= 4 is 33.2 Å². The molecule has 2 aromatic rings. The Bertz CT molecular complexity index is 645. The fourth-order valence-electron chi connectivity index (χ4n) is 2.25. The first-order chi connectivity index (χ1) is 9.54. The van der Waals surface area contributed by atoms with E-state index in [1.165, 1.54) is 12.8 Å². The molecule has 0 aliphatic heterocycles. The third-order valence-corrected chi connectivity index (χ3v) is 4.71. The Morgan fingerprint density at radius 1 is 1.60 bits per heavy atom. The lowest BCUT2D eigenvalue weighted by Gasteiger charge is -2.17. The van der Waals surface area contributed by atoms with E-state index in [4.69, 9.17) is 0 Å². The summed E-state index contributed by atoms with van der Waals surface area (Å²) in [6.07, 6.45) is 6.19. The fourth-order valence-corrected chi connectivity index (χ4v) is 3.54. The molecule has 2 heterocycles. The second-order valence-electron chi connectivity index (χ2n) is 5.19. The predicted octanol–water partition coefficient (Wildman–Crippen LogP) is 3.62. The van der Waals surface area contributed by atoms with Gasteiger partial charge >= 0.3 is 0 Å². The molecule has 6 heteroatoms. The first kappa shape index (κ1) is 13.8. The molecule has 0 atom stereocenters. The van der Waals surface area contributed by atoms with Crippen LogP contribution in [0.2, 0.25) is 0 Å². The minimum Gasteiger partial charge on any atom is -0.339 e. The van der Waals surface area contributed by atoms with Crippen LogP contribution in [0.4, 0.5) is 0 Å². The van der Waals surface area contributed by atoms with E-state index in [0.717, 1.165) is 20.1 Å². The maximum atomic E-state index is 12.6.